The number of anilines is 1. The maximum absolute atomic E-state index is 10.9. The maximum atomic E-state index is 10.9. The molecule has 4 nitrogen and oxygen atoms in total. The third kappa shape index (κ3) is 3.28. The van der Waals surface area contributed by atoms with Crippen molar-refractivity contribution in [2.75, 3.05) is 30.5 Å². The van der Waals surface area contributed by atoms with Gasteiger partial charge in [0.15, 0.2) is 11.4 Å². The number of aromatic nitrogens is 1. The van der Waals surface area contributed by atoms with E-state index < -0.39 is 11.2 Å². The Kier molecular flexibility index (Phi) is 4.37. The highest BCUT2D eigenvalue weighted by atomic mass is 32.2. The van der Waals surface area contributed by atoms with E-state index in [4.69, 9.17) is 0 Å². The Bertz CT molecular complexity index is 301. The molecule has 0 radical (unpaired) electrons. The molecule has 0 amide bonds. The van der Waals surface area contributed by atoms with Crippen molar-refractivity contribution in [3.63, 3.8) is 0 Å². The average Bonchev–Trinajstić information content (AvgIpc) is 2.62. The van der Waals surface area contributed by atoms with Gasteiger partial charge in [0, 0.05) is 12.4 Å². The summed E-state index contributed by atoms with van der Waals surface area (Å²) in [5, 5.41) is 2.50. The second kappa shape index (κ2) is 5.33. The molecular weight excluding hydrogens is 220 g/mol. The summed E-state index contributed by atoms with van der Waals surface area (Å²) < 4.78 is 10.9. The SMILES string of the molecule is CN(CC[S+](C)[O-])c1nc(C=O)cs1. The van der Waals surface area contributed by atoms with Gasteiger partial charge in [0.2, 0.25) is 0 Å². The Labute approximate surface area is 90.1 Å². The molecule has 0 N–H and O–H groups in total. The summed E-state index contributed by atoms with van der Waals surface area (Å²) >= 11 is 0.629. The summed E-state index contributed by atoms with van der Waals surface area (Å²) in [4.78, 5) is 16.4. The second-order valence-electron chi connectivity index (χ2n) is 2.87. The summed E-state index contributed by atoms with van der Waals surface area (Å²) in [6, 6.07) is 0. The monoisotopic (exact) mass is 232 g/mol. The van der Waals surface area contributed by atoms with Crippen LogP contribution < -0.4 is 4.90 Å². The number of aldehydes is 1. The van der Waals surface area contributed by atoms with Crippen molar-refractivity contribution in [3.8, 4) is 0 Å². The van der Waals surface area contributed by atoms with Gasteiger partial charge in [0.1, 0.15) is 11.4 Å². The molecule has 0 aliphatic heterocycles. The standard InChI is InChI=1S/C8H12N2O2S2/c1-10(3-4-14(2)12)8-9-7(5-11)6-13-8/h5-6H,3-4H2,1-2H3. The van der Waals surface area contributed by atoms with Gasteiger partial charge in [-0.3, -0.25) is 4.79 Å². The lowest BCUT2D eigenvalue weighted by Crippen LogP contribution is -2.24. The molecule has 0 aliphatic rings. The van der Waals surface area contributed by atoms with Crippen molar-refractivity contribution in [2.45, 2.75) is 0 Å². The van der Waals surface area contributed by atoms with Crippen LogP contribution in [0.15, 0.2) is 5.38 Å². The number of hydrogen-bond acceptors (Lipinski definition) is 5. The van der Waals surface area contributed by atoms with Gasteiger partial charge in [0.25, 0.3) is 0 Å². The van der Waals surface area contributed by atoms with Crippen molar-refractivity contribution >= 4 is 33.9 Å². The van der Waals surface area contributed by atoms with E-state index in [1.54, 1.807) is 11.6 Å². The number of hydrogen-bond donors (Lipinski definition) is 0. The lowest BCUT2D eigenvalue weighted by atomic mass is 10.6. The minimum Gasteiger partial charge on any atom is -0.617 e. The Morgan fingerprint density at radius 1 is 1.79 bits per heavy atom. The van der Waals surface area contributed by atoms with Crippen LogP contribution >= 0.6 is 11.3 Å². The van der Waals surface area contributed by atoms with Gasteiger partial charge in [-0.2, -0.15) is 0 Å². The highest BCUT2D eigenvalue weighted by Crippen LogP contribution is 2.17. The van der Waals surface area contributed by atoms with Gasteiger partial charge < -0.3 is 9.45 Å². The van der Waals surface area contributed by atoms with Crippen molar-refractivity contribution < 1.29 is 9.35 Å². The fourth-order valence-corrected chi connectivity index (χ4v) is 2.16. The van der Waals surface area contributed by atoms with Gasteiger partial charge in [-0.15, -0.1) is 11.3 Å². The van der Waals surface area contributed by atoms with Crippen molar-refractivity contribution in [2.24, 2.45) is 0 Å². The highest BCUT2D eigenvalue weighted by Gasteiger charge is 2.08. The van der Waals surface area contributed by atoms with E-state index in [9.17, 15) is 9.35 Å². The number of carbonyl (C=O) groups is 1. The summed E-state index contributed by atoms with van der Waals surface area (Å²) in [6.07, 6.45) is 2.40. The summed E-state index contributed by atoms with van der Waals surface area (Å²) in [7, 11) is 1.88. The van der Waals surface area contributed by atoms with E-state index in [1.165, 1.54) is 11.3 Å². The van der Waals surface area contributed by atoms with E-state index >= 15 is 0 Å². The molecular formula is C8H12N2O2S2. The molecule has 0 saturated carbocycles. The summed E-state index contributed by atoms with van der Waals surface area (Å²) in [5.41, 5.74) is 0.453. The van der Waals surface area contributed by atoms with Crippen LogP contribution in [0.3, 0.4) is 0 Å². The average molecular weight is 232 g/mol. The Balaban J connectivity index is 2.51. The highest BCUT2D eigenvalue weighted by molar-refractivity contribution is 7.90. The number of thiazole rings is 1. The van der Waals surface area contributed by atoms with Gasteiger partial charge in [-0.1, -0.05) is 11.2 Å². The van der Waals surface area contributed by atoms with Gasteiger partial charge in [-0.25, -0.2) is 4.98 Å². The normalized spacial score (nSPS) is 12.5. The zero-order chi connectivity index (χ0) is 10.6. The lowest BCUT2D eigenvalue weighted by molar-refractivity contribution is 0.111. The van der Waals surface area contributed by atoms with Crippen molar-refractivity contribution in [3.05, 3.63) is 11.1 Å². The van der Waals surface area contributed by atoms with Gasteiger partial charge >= 0.3 is 0 Å². The third-order valence-electron chi connectivity index (χ3n) is 1.67. The van der Waals surface area contributed by atoms with Crippen LogP contribution in [0.5, 0.6) is 0 Å². The van der Waals surface area contributed by atoms with Crippen LogP contribution in [0, 0.1) is 0 Å². The zero-order valence-electron chi connectivity index (χ0n) is 8.10. The van der Waals surface area contributed by atoms with Crippen LogP contribution in [0.25, 0.3) is 0 Å². The summed E-state index contributed by atoms with van der Waals surface area (Å²) in [6.45, 7) is 0.689. The fraction of sp³-hybridized carbons (Fsp3) is 0.500. The Morgan fingerprint density at radius 3 is 3.00 bits per heavy atom. The summed E-state index contributed by atoms with van der Waals surface area (Å²) in [5.74, 6) is 0.618. The lowest BCUT2D eigenvalue weighted by Gasteiger charge is -2.15. The van der Waals surface area contributed by atoms with Crippen LogP contribution in [0.2, 0.25) is 0 Å². The molecule has 6 heteroatoms. The molecule has 1 heterocycles. The van der Waals surface area contributed by atoms with Crippen molar-refractivity contribution in [1.29, 1.82) is 0 Å². The minimum atomic E-state index is -0.789. The second-order valence-corrected chi connectivity index (χ2v) is 5.26. The first kappa shape index (κ1) is 11.5. The van der Waals surface area contributed by atoms with E-state index in [0.717, 1.165) is 11.4 Å². The topological polar surface area (TPSA) is 56.3 Å². The van der Waals surface area contributed by atoms with E-state index in [1.807, 2.05) is 11.9 Å². The molecule has 0 aromatic carbocycles. The molecule has 0 fully saturated rings. The predicted molar refractivity (Wildman–Crippen MR) is 59.7 cm³/mol. The van der Waals surface area contributed by atoms with E-state index in [0.29, 0.717) is 18.0 Å². The smallest absolute Gasteiger partial charge is 0.185 e. The zero-order valence-corrected chi connectivity index (χ0v) is 9.73. The largest absolute Gasteiger partial charge is 0.617 e. The molecule has 1 aromatic heterocycles. The minimum absolute atomic E-state index is 0.453. The fourth-order valence-electron chi connectivity index (χ4n) is 0.867. The van der Waals surface area contributed by atoms with E-state index in [2.05, 4.69) is 4.98 Å². The predicted octanol–water partition coefficient (Wildman–Crippen LogP) is 0.770. The molecule has 0 aliphatic carbocycles. The molecule has 78 valence electrons. The first-order chi connectivity index (χ1) is 6.63. The number of rotatable bonds is 5. The molecule has 14 heavy (non-hydrogen) atoms. The van der Waals surface area contributed by atoms with Crippen LogP contribution in [0.4, 0.5) is 5.13 Å². The van der Waals surface area contributed by atoms with Crippen LogP contribution in [-0.4, -0.2) is 41.4 Å². The van der Waals surface area contributed by atoms with Gasteiger partial charge in [0.05, 0.1) is 12.8 Å². The Hall–Kier alpha value is -0.590. The molecule has 1 atom stereocenters. The maximum Gasteiger partial charge on any atom is 0.185 e. The molecule has 0 spiro atoms. The molecule has 1 unspecified atom stereocenters. The van der Waals surface area contributed by atoms with Gasteiger partial charge in [-0.05, 0) is 0 Å². The molecule has 1 rings (SSSR count). The first-order valence-electron chi connectivity index (χ1n) is 4.05. The third-order valence-corrected chi connectivity index (χ3v) is 3.40. The molecule has 0 bridgehead atoms. The molecule has 1 aromatic rings. The Morgan fingerprint density at radius 2 is 2.50 bits per heavy atom. The quantitative estimate of drug-likeness (QED) is 0.556. The van der Waals surface area contributed by atoms with Crippen LogP contribution in [0.1, 0.15) is 10.5 Å². The van der Waals surface area contributed by atoms with Crippen molar-refractivity contribution in [1.82, 2.24) is 4.98 Å². The number of carbonyl (C=O) groups excluding carboxylic acids is 1. The number of nitrogens with zero attached hydrogens (tertiary/aromatic N) is 2. The van der Waals surface area contributed by atoms with Crippen LogP contribution in [-0.2, 0) is 11.2 Å². The van der Waals surface area contributed by atoms with E-state index in [-0.39, 0.29) is 0 Å². The first-order valence-corrected chi connectivity index (χ1v) is 6.66. The molecule has 0 saturated heterocycles.